The quantitative estimate of drug-likeness (QED) is 0.699. The molecule has 0 saturated heterocycles. The third-order valence-corrected chi connectivity index (χ3v) is 3.54. The maximum absolute atomic E-state index is 4.95. The Balaban J connectivity index is 1.78. The van der Waals surface area contributed by atoms with Crippen molar-refractivity contribution in [2.45, 2.75) is 33.5 Å². The van der Waals surface area contributed by atoms with Crippen molar-refractivity contribution in [1.29, 1.82) is 0 Å². The van der Waals surface area contributed by atoms with Gasteiger partial charge in [-0.05, 0) is 38.1 Å². The summed E-state index contributed by atoms with van der Waals surface area (Å²) in [6.07, 6.45) is 1.60. The monoisotopic (exact) mass is 308 g/mol. The summed E-state index contributed by atoms with van der Waals surface area (Å²) < 4.78 is 4.95. The largest absolute Gasteiger partial charge is 0.364 e. The third kappa shape index (κ3) is 4.47. The molecule has 0 aliphatic heterocycles. The summed E-state index contributed by atoms with van der Waals surface area (Å²) >= 11 is 0. The zero-order chi connectivity index (χ0) is 16.1. The van der Waals surface area contributed by atoms with Crippen LogP contribution in [0, 0.1) is 13.8 Å². The lowest BCUT2D eigenvalue weighted by atomic mass is 10.2. The Kier molecular flexibility index (Phi) is 4.78. The van der Waals surface area contributed by atoms with Crippen LogP contribution in [0.4, 0.5) is 0 Å². The molecule has 3 rings (SSSR count). The molecular formula is C18H20N4O. The average Bonchev–Trinajstić information content (AvgIpc) is 3.00. The van der Waals surface area contributed by atoms with Crippen molar-refractivity contribution in [3.8, 4) is 0 Å². The number of aryl methyl sites for hydroxylation is 2. The molecule has 0 amide bonds. The fourth-order valence-electron chi connectivity index (χ4n) is 2.55. The first-order valence-electron chi connectivity index (χ1n) is 7.66. The molecule has 23 heavy (non-hydrogen) atoms. The summed E-state index contributed by atoms with van der Waals surface area (Å²) in [5.74, 6) is 0. The molecule has 0 aromatic carbocycles. The zero-order valence-electron chi connectivity index (χ0n) is 13.4. The minimum absolute atomic E-state index is 0.696. The highest BCUT2D eigenvalue weighted by Crippen LogP contribution is 2.12. The smallest absolute Gasteiger partial charge is 0.124 e. The van der Waals surface area contributed by atoms with Gasteiger partial charge in [-0.25, -0.2) is 0 Å². The predicted molar refractivity (Wildman–Crippen MR) is 87.4 cm³/mol. The van der Waals surface area contributed by atoms with E-state index in [0.29, 0.717) is 6.54 Å². The van der Waals surface area contributed by atoms with E-state index in [1.54, 1.807) is 6.26 Å². The SMILES string of the molecule is Cc1cccc(CN(Cc2ccon2)Cc2cccc(C)n2)n1. The first-order valence-corrected chi connectivity index (χ1v) is 7.66. The van der Waals surface area contributed by atoms with Gasteiger partial charge in [-0.1, -0.05) is 17.3 Å². The van der Waals surface area contributed by atoms with Crippen LogP contribution in [0.2, 0.25) is 0 Å². The van der Waals surface area contributed by atoms with E-state index in [2.05, 4.69) is 20.0 Å². The number of hydrogen-bond acceptors (Lipinski definition) is 5. The summed E-state index contributed by atoms with van der Waals surface area (Å²) in [5, 5.41) is 4.02. The van der Waals surface area contributed by atoms with Crippen LogP contribution >= 0.6 is 0 Å². The standard InChI is InChI=1S/C18H20N4O/c1-14-5-3-7-16(19-14)11-22(13-18-9-10-23-21-18)12-17-8-4-6-15(2)20-17/h3-10H,11-13H2,1-2H3. The number of hydrogen-bond donors (Lipinski definition) is 0. The zero-order valence-corrected chi connectivity index (χ0v) is 13.4. The molecule has 0 saturated carbocycles. The van der Waals surface area contributed by atoms with Gasteiger partial charge in [0.15, 0.2) is 0 Å². The minimum atomic E-state index is 0.696. The van der Waals surface area contributed by atoms with E-state index >= 15 is 0 Å². The molecule has 3 heterocycles. The van der Waals surface area contributed by atoms with E-state index in [4.69, 9.17) is 4.52 Å². The van der Waals surface area contributed by atoms with Crippen molar-refractivity contribution in [3.05, 3.63) is 77.2 Å². The molecule has 0 N–H and O–H groups in total. The normalized spacial score (nSPS) is 11.1. The van der Waals surface area contributed by atoms with Gasteiger partial charge in [0.05, 0.1) is 17.1 Å². The first-order chi connectivity index (χ1) is 11.2. The molecular weight excluding hydrogens is 288 g/mol. The summed E-state index contributed by atoms with van der Waals surface area (Å²) in [5.41, 5.74) is 5.04. The summed E-state index contributed by atoms with van der Waals surface area (Å²) in [4.78, 5) is 11.5. The van der Waals surface area contributed by atoms with Crippen LogP contribution in [0.3, 0.4) is 0 Å². The molecule has 0 spiro atoms. The molecule has 118 valence electrons. The lowest BCUT2D eigenvalue weighted by molar-refractivity contribution is 0.233. The second kappa shape index (κ2) is 7.15. The van der Waals surface area contributed by atoms with Crippen molar-refractivity contribution in [2.24, 2.45) is 0 Å². The maximum Gasteiger partial charge on any atom is 0.124 e. The minimum Gasteiger partial charge on any atom is -0.364 e. The van der Waals surface area contributed by atoms with Gasteiger partial charge in [0.2, 0.25) is 0 Å². The third-order valence-electron chi connectivity index (χ3n) is 3.54. The molecule has 0 aliphatic carbocycles. The van der Waals surface area contributed by atoms with Crippen LogP contribution in [-0.2, 0) is 19.6 Å². The van der Waals surface area contributed by atoms with Crippen molar-refractivity contribution >= 4 is 0 Å². The average molecular weight is 308 g/mol. The molecule has 3 aromatic rings. The molecule has 0 radical (unpaired) electrons. The van der Waals surface area contributed by atoms with E-state index in [-0.39, 0.29) is 0 Å². The van der Waals surface area contributed by atoms with Gasteiger partial charge >= 0.3 is 0 Å². The Morgan fingerprint density at radius 1 is 0.783 bits per heavy atom. The number of nitrogens with zero attached hydrogens (tertiary/aromatic N) is 4. The summed E-state index contributed by atoms with van der Waals surface area (Å²) in [6, 6.07) is 14.1. The fourth-order valence-corrected chi connectivity index (χ4v) is 2.55. The summed E-state index contributed by atoms with van der Waals surface area (Å²) in [6.45, 7) is 6.19. The molecule has 0 unspecified atom stereocenters. The Morgan fingerprint density at radius 2 is 1.35 bits per heavy atom. The lowest BCUT2D eigenvalue weighted by Gasteiger charge is -2.20. The van der Waals surface area contributed by atoms with Gasteiger partial charge in [0.25, 0.3) is 0 Å². The van der Waals surface area contributed by atoms with Crippen LogP contribution in [0.5, 0.6) is 0 Å². The Hall–Kier alpha value is -2.53. The van der Waals surface area contributed by atoms with Crippen molar-refractivity contribution < 1.29 is 4.52 Å². The van der Waals surface area contributed by atoms with Gasteiger partial charge < -0.3 is 4.52 Å². The van der Waals surface area contributed by atoms with Crippen LogP contribution in [-0.4, -0.2) is 20.0 Å². The van der Waals surface area contributed by atoms with Gasteiger partial charge in [-0.3, -0.25) is 14.9 Å². The van der Waals surface area contributed by atoms with Gasteiger partial charge in [-0.15, -0.1) is 0 Å². The molecule has 5 heteroatoms. The Morgan fingerprint density at radius 3 is 1.83 bits per heavy atom. The molecule has 0 atom stereocenters. The van der Waals surface area contributed by atoms with Crippen molar-refractivity contribution in [1.82, 2.24) is 20.0 Å². The van der Waals surface area contributed by atoms with E-state index in [1.807, 2.05) is 56.3 Å². The van der Waals surface area contributed by atoms with Crippen LogP contribution in [0.15, 0.2) is 53.3 Å². The highest BCUT2D eigenvalue weighted by Gasteiger charge is 2.12. The summed E-state index contributed by atoms with van der Waals surface area (Å²) in [7, 11) is 0. The van der Waals surface area contributed by atoms with E-state index in [0.717, 1.165) is 41.6 Å². The highest BCUT2D eigenvalue weighted by molar-refractivity contribution is 5.12. The second-order valence-electron chi connectivity index (χ2n) is 5.68. The Bertz CT molecular complexity index is 708. The van der Waals surface area contributed by atoms with Crippen LogP contribution in [0.1, 0.15) is 28.5 Å². The fraction of sp³-hybridized carbons (Fsp3) is 0.278. The van der Waals surface area contributed by atoms with Crippen LogP contribution < -0.4 is 0 Å². The molecule has 3 aromatic heterocycles. The topological polar surface area (TPSA) is 55.1 Å². The second-order valence-corrected chi connectivity index (χ2v) is 5.68. The molecule has 5 nitrogen and oxygen atoms in total. The molecule has 0 bridgehead atoms. The lowest BCUT2D eigenvalue weighted by Crippen LogP contribution is -2.24. The maximum atomic E-state index is 4.95. The predicted octanol–water partition coefficient (Wildman–Crippen LogP) is 3.28. The number of pyridine rings is 2. The van der Waals surface area contributed by atoms with Gasteiger partial charge in [0.1, 0.15) is 6.26 Å². The van der Waals surface area contributed by atoms with Crippen LogP contribution in [0.25, 0.3) is 0 Å². The molecule has 0 aliphatic rings. The van der Waals surface area contributed by atoms with E-state index in [1.165, 1.54) is 0 Å². The highest BCUT2D eigenvalue weighted by atomic mass is 16.5. The van der Waals surface area contributed by atoms with E-state index in [9.17, 15) is 0 Å². The van der Waals surface area contributed by atoms with E-state index < -0.39 is 0 Å². The van der Waals surface area contributed by atoms with Gasteiger partial charge in [0, 0.05) is 37.1 Å². The Labute approximate surface area is 136 Å². The van der Waals surface area contributed by atoms with Crippen molar-refractivity contribution in [3.63, 3.8) is 0 Å². The number of aromatic nitrogens is 3. The molecule has 0 fully saturated rings. The number of rotatable bonds is 6. The van der Waals surface area contributed by atoms with Gasteiger partial charge in [-0.2, -0.15) is 0 Å². The van der Waals surface area contributed by atoms with Crippen molar-refractivity contribution in [2.75, 3.05) is 0 Å². The first kappa shape index (κ1) is 15.4.